The Balaban J connectivity index is 0.00000243. The van der Waals surface area contributed by atoms with E-state index in [1.807, 2.05) is 18.2 Å². The van der Waals surface area contributed by atoms with E-state index in [0.717, 1.165) is 32.7 Å². The highest BCUT2D eigenvalue weighted by molar-refractivity contribution is 5.85. The number of H-pyrrole nitrogens is 1. The Labute approximate surface area is 159 Å². The second-order valence-electron chi connectivity index (χ2n) is 6.32. The molecule has 7 nitrogen and oxygen atoms in total. The van der Waals surface area contributed by atoms with Gasteiger partial charge in [0.1, 0.15) is 5.82 Å². The van der Waals surface area contributed by atoms with E-state index in [2.05, 4.69) is 25.5 Å². The molecule has 1 aliphatic rings. The Morgan fingerprint density at radius 2 is 2.00 bits per heavy atom. The van der Waals surface area contributed by atoms with Crippen LogP contribution in [0.5, 0.6) is 0 Å². The molecule has 0 bridgehead atoms. The third-order valence-corrected chi connectivity index (χ3v) is 4.44. The number of aryl methyl sites for hydroxylation is 1. The monoisotopic (exact) mass is 379 g/mol. The number of hydrogen-bond donors (Lipinski definition) is 3. The van der Waals surface area contributed by atoms with E-state index in [0.29, 0.717) is 42.5 Å². The van der Waals surface area contributed by atoms with Crippen molar-refractivity contribution in [2.45, 2.75) is 19.3 Å². The van der Waals surface area contributed by atoms with E-state index < -0.39 is 0 Å². The molecule has 3 rings (SSSR count). The van der Waals surface area contributed by atoms with Crippen molar-refractivity contribution in [3.8, 4) is 0 Å². The topological polar surface area (TPSA) is 90.1 Å². The Bertz CT molecular complexity index is 774. The van der Waals surface area contributed by atoms with Crippen molar-refractivity contribution in [1.82, 2.24) is 25.5 Å². The van der Waals surface area contributed by atoms with Crippen LogP contribution in [-0.2, 0) is 11.2 Å². The molecule has 0 saturated carbocycles. The molecule has 0 radical (unpaired) electrons. The lowest BCUT2D eigenvalue weighted by atomic mass is 10.2. The number of nitrogens with one attached hydrogen (secondary N) is 3. The Hall–Kier alpha value is -1.96. The first-order valence-corrected chi connectivity index (χ1v) is 8.90. The molecule has 0 unspecified atom stereocenters. The molecule has 1 saturated heterocycles. The average molecular weight is 380 g/mol. The third kappa shape index (κ3) is 5.79. The minimum atomic E-state index is -0.124. The molecular formula is C18H26ClN5O2. The molecule has 0 spiro atoms. The van der Waals surface area contributed by atoms with Crippen LogP contribution in [0.2, 0.25) is 0 Å². The van der Waals surface area contributed by atoms with Crippen molar-refractivity contribution in [2.24, 2.45) is 0 Å². The molecule has 3 N–H and O–H groups in total. The predicted molar refractivity (Wildman–Crippen MR) is 105 cm³/mol. The maximum absolute atomic E-state index is 12.0. The second-order valence-corrected chi connectivity index (χ2v) is 6.32. The fraction of sp³-hybridized carbons (Fsp3) is 0.500. The van der Waals surface area contributed by atoms with Crippen LogP contribution in [0.25, 0.3) is 10.9 Å². The largest absolute Gasteiger partial charge is 0.355 e. The van der Waals surface area contributed by atoms with Crippen LogP contribution in [0.15, 0.2) is 29.1 Å². The summed E-state index contributed by atoms with van der Waals surface area (Å²) in [4.78, 5) is 33.5. The quantitative estimate of drug-likeness (QED) is 0.658. The highest BCUT2D eigenvalue weighted by atomic mass is 35.5. The van der Waals surface area contributed by atoms with Crippen molar-refractivity contribution in [2.75, 3.05) is 39.3 Å². The number of para-hydroxylation sites is 1. The average Bonchev–Trinajstić information content (AvgIpc) is 2.63. The molecule has 1 fully saturated rings. The van der Waals surface area contributed by atoms with Crippen LogP contribution < -0.4 is 16.2 Å². The fourth-order valence-corrected chi connectivity index (χ4v) is 3.05. The Morgan fingerprint density at radius 3 is 2.81 bits per heavy atom. The number of halogens is 1. The lowest BCUT2D eigenvalue weighted by Crippen LogP contribution is -2.46. The van der Waals surface area contributed by atoms with Gasteiger partial charge < -0.3 is 15.6 Å². The van der Waals surface area contributed by atoms with Gasteiger partial charge in [0.2, 0.25) is 5.91 Å². The van der Waals surface area contributed by atoms with Crippen LogP contribution >= 0.6 is 12.4 Å². The number of carbonyl (C=O) groups excluding carboxylic acids is 1. The van der Waals surface area contributed by atoms with E-state index in [-0.39, 0.29) is 23.9 Å². The lowest BCUT2D eigenvalue weighted by molar-refractivity contribution is -0.121. The van der Waals surface area contributed by atoms with E-state index >= 15 is 0 Å². The molecule has 1 amide bonds. The van der Waals surface area contributed by atoms with Crippen molar-refractivity contribution < 1.29 is 4.79 Å². The number of aromatic nitrogens is 2. The van der Waals surface area contributed by atoms with Crippen molar-refractivity contribution in [3.63, 3.8) is 0 Å². The maximum Gasteiger partial charge on any atom is 0.258 e. The molecule has 1 aromatic heterocycles. The number of rotatable bonds is 7. The van der Waals surface area contributed by atoms with Crippen molar-refractivity contribution >= 4 is 29.2 Å². The molecule has 1 aliphatic heterocycles. The molecule has 26 heavy (non-hydrogen) atoms. The number of nitrogens with zero attached hydrogens (tertiary/aromatic N) is 2. The van der Waals surface area contributed by atoms with Crippen LogP contribution in [0.1, 0.15) is 18.7 Å². The van der Waals surface area contributed by atoms with Crippen LogP contribution in [-0.4, -0.2) is 60.0 Å². The molecule has 2 aromatic rings. The van der Waals surface area contributed by atoms with Crippen molar-refractivity contribution in [1.29, 1.82) is 0 Å². The molecule has 8 heteroatoms. The van der Waals surface area contributed by atoms with Crippen LogP contribution in [0.4, 0.5) is 0 Å². The Morgan fingerprint density at radius 1 is 1.23 bits per heavy atom. The van der Waals surface area contributed by atoms with E-state index in [9.17, 15) is 9.59 Å². The van der Waals surface area contributed by atoms with Gasteiger partial charge in [-0.2, -0.15) is 0 Å². The number of benzene rings is 1. The summed E-state index contributed by atoms with van der Waals surface area (Å²) in [5, 5.41) is 6.87. The Kier molecular flexibility index (Phi) is 8.03. The van der Waals surface area contributed by atoms with E-state index in [1.54, 1.807) is 6.07 Å². The van der Waals surface area contributed by atoms with Gasteiger partial charge in [0.05, 0.1) is 10.9 Å². The third-order valence-electron chi connectivity index (χ3n) is 4.44. The molecular weight excluding hydrogens is 354 g/mol. The maximum atomic E-state index is 12.0. The van der Waals surface area contributed by atoms with Gasteiger partial charge in [-0.15, -0.1) is 12.4 Å². The summed E-state index contributed by atoms with van der Waals surface area (Å²) in [5.41, 5.74) is 0.572. The summed E-state index contributed by atoms with van der Waals surface area (Å²) in [5.74, 6) is 0.690. The zero-order chi connectivity index (χ0) is 17.5. The lowest BCUT2D eigenvalue weighted by Gasteiger charge is -2.27. The second kappa shape index (κ2) is 10.3. The van der Waals surface area contributed by atoms with Crippen LogP contribution in [0, 0.1) is 0 Å². The van der Waals surface area contributed by atoms with Gasteiger partial charge in [-0.05, 0) is 18.6 Å². The number of hydrogen-bond acceptors (Lipinski definition) is 5. The minimum Gasteiger partial charge on any atom is -0.355 e. The number of piperazine rings is 1. The predicted octanol–water partition coefficient (Wildman–Crippen LogP) is 0.689. The highest BCUT2D eigenvalue weighted by Gasteiger charge is 2.09. The minimum absolute atomic E-state index is 0. The fourth-order valence-electron chi connectivity index (χ4n) is 3.05. The zero-order valence-electron chi connectivity index (χ0n) is 14.8. The molecule has 142 valence electrons. The van der Waals surface area contributed by atoms with Crippen molar-refractivity contribution in [3.05, 3.63) is 40.4 Å². The normalized spacial score (nSPS) is 14.8. The summed E-state index contributed by atoms with van der Waals surface area (Å²) in [6, 6.07) is 7.28. The zero-order valence-corrected chi connectivity index (χ0v) is 15.6. The summed E-state index contributed by atoms with van der Waals surface area (Å²) in [7, 11) is 0. The van der Waals surface area contributed by atoms with E-state index in [1.165, 1.54) is 0 Å². The van der Waals surface area contributed by atoms with Gasteiger partial charge in [-0.1, -0.05) is 12.1 Å². The molecule has 1 aromatic carbocycles. The van der Waals surface area contributed by atoms with Gasteiger partial charge in [0, 0.05) is 52.1 Å². The number of aromatic amines is 1. The van der Waals surface area contributed by atoms with Gasteiger partial charge >= 0.3 is 0 Å². The molecule has 2 heterocycles. The van der Waals surface area contributed by atoms with E-state index in [4.69, 9.17) is 0 Å². The van der Waals surface area contributed by atoms with Gasteiger partial charge in [-0.25, -0.2) is 4.98 Å². The highest BCUT2D eigenvalue weighted by Crippen LogP contribution is 2.07. The number of amides is 1. The van der Waals surface area contributed by atoms with Gasteiger partial charge in [0.15, 0.2) is 0 Å². The smallest absolute Gasteiger partial charge is 0.258 e. The summed E-state index contributed by atoms with van der Waals surface area (Å²) >= 11 is 0. The first kappa shape index (κ1) is 20.4. The molecule has 0 atom stereocenters. The van der Waals surface area contributed by atoms with Crippen LogP contribution in [0.3, 0.4) is 0 Å². The SMILES string of the molecule is Cl.O=C(CCCc1nc2ccccc2c(=O)[nH]1)NCCN1CCNCC1. The summed E-state index contributed by atoms with van der Waals surface area (Å²) < 4.78 is 0. The summed E-state index contributed by atoms with van der Waals surface area (Å²) in [6.45, 7) is 5.69. The van der Waals surface area contributed by atoms with Gasteiger partial charge in [0.25, 0.3) is 5.56 Å². The molecule has 0 aliphatic carbocycles. The van der Waals surface area contributed by atoms with Gasteiger partial charge in [-0.3, -0.25) is 14.5 Å². The number of carbonyl (C=O) groups is 1. The first-order chi connectivity index (χ1) is 12.2. The summed E-state index contributed by atoms with van der Waals surface area (Å²) in [6.07, 6.45) is 1.70. The standard InChI is InChI=1S/C18H25N5O2.ClH/c24-17(20-10-13-23-11-8-19-9-12-23)7-3-6-16-21-15-5-2-1-4-14(15)18(25)22-16;/h1-2,4-5,19H,3,6-13H2,(H,20,24)(H,21,22,25);1H. The number of fused-ring (bicyclic) bond motifs is 1. The first-order valence-electron chi connectivity index (χ1n) is 8.90.